The number of hydrogen-bond acceptors (Lipinski definition) is 8. The van der Waals surface area contributed by atoms with Gasteiger partial charge in [0, 0.05) is 68.2 Å². The Morgan fingerprint density at radius 1 is 0.652 bits per heavy atom. The molecule has 0 bridgehead atoms. The second-order valence-electron chi connectivity index (χ2n) is 13.7. The average Bonchev–Trinajstić information content (AvgIpc) is 2.99. The lowest BCUT2D eigenvalue weighted by atomic mass is 9.96. The third-order valence-electron chi connectivity index (χ3n) is 8.24. The van der Waals surface area contributed by atoms with Crippen LogP contribution >= 0.6 is 0 Å². The highest BCUT2D eigenvalue weighted by molar-refractivity contribution is 5.48. The first kappa shape index (κ1) is 34.2. The van der Waals surface area contributed by atoms with Gasteiger partial charge in [0.2, 0.25) is 11.6 Å². The summed E-state index contributed by atoms with van der Waals surface area (Å²) < 4.78 is 48.4. The van der Waals surface area contributed by atoms with Crippen molar-refractivity contribution in [1.29, 1.82) is 0 Å². The molecule has 3 aromatic rings. The van der Waals surface area contributed by atoms with Crippen molar-refractivity contribution >= 4 is 0 Å². The van der Waals surface area contributed by atoms with E-state index in [9.17, 15) is 0 Å². The summed E-state index contributed by atoms with van der Waals surface area (Å²) in [5.74, 6) is 1.76. The number of benzene rings is 3. The zero-order valence-electron chi connectivity index (χ0n) is 28.9. The van der Waals surface area contributed by atoms with Gasteiger partial charge in [0.25, 0.3) is 0 Å². The Morgan fingerprint density at radius 2 is 1.09 bits per heavy atom. The smallest absolute Gasteiger partial charge is 0.205 e. The Bertz CT molecular complexity index is 1400. The molecule has 2 heterocycles. The van der Waals surface area contributed by atoms with Gasteiger partial charge in [-0.15, -0.1) is 0 Å². The maximum absolute atomic E-state index is 6.33. The first-order valence-electron chi connectivity index (χ1n) is 16.2. The van der Waals surface area contributed by atoms with Crippen LogP contribution in [0.1, 0.15) is 112 Å². The van der Waals surface area contributed by atoms with Crippen LogP contribution in [0.15, 0.2) is 42.5 Å². The molecule has 5 rings (SSSR count). The molecule has 0 saturated carbocycles. The van der Waals surface area contributed by atoms with Crippen molar-refractivity contribution < 1.29 is 37.9 Å². The Labute approximate surface area is 274 Å². The minimum absolute atomic E-state index is 0.115. The van der Waals surface area contributed by atoms with E-state index >= 15 is 0 Å². The third kappa shape index (κ3) is 8.22. The van der Waals surface area contributed by atoms with Crippen molar-refractivity contribution in [2.75, 3.05) is 13.9 Å². The normalized spacial score (nSPS) is 16.5. The van der Waals surface area contributed by atoms with Gasteiger partial charge in [-0.2, -0.15) is 0 Å². The number of fused-ring (bicyclic) bond motifs is 2. The fourth-order valence-corrected chi connectivity index (χ4v) is 5.68. The molecule has 0 spiro atoms. The number of ether oxygens (including phenoxy) is 8. The van der Waals surface area contributed by atoms with Gasteiger partial charge in [-0.1, -0.05) is 45.9 Å². The van der Waals surface area contributed by atoms with Gasteiger partial charge in [-0.25, -0.2) is 0 Å². The molecule has 0 aromatic heterocycles. The van der Waals surface area contributed by atoms with Crippen LogP contribution in [0, 0.1) is 0 Å². The Balaban J connectivity index is 1.32. The Hall–Kier alpha value is -3.14. The molecule has 250 valence electrons. The molecule has 46 heavy (non-hydrogen) atoms. The van der Waals surface area contributed by atoms with Gasteiger partial charge in [0.05, 0.1) is 39.6 Å². The highest BCUT2D eigenvalue weighted by Gasteiger charge is 2.31. The summed E-state index contributed by atoms with van der Waals surface area (Å²) in [6.07, 6.45) is 0. The Morgan fingerprint density at radius 3 is 1.50 bits per heavy atom. The molecule has 0 N–H and O–H groups in total. The second-order valence-corrected chi connectivity index (χ2v) is 13.7. The van der Waals surface area contributed by atoms with Gasteiger partial charge in [0.1, 0.15) is 17.2 Å². The molecule has 0 unspecified atom stereocenters. The number of para-hydroxylation sites is 1. The predicted octanol–water partition coefficient (Wildman–Crippen LogP) is 8.64. The predicted molar refractivity (Wildman–Crippen MR) is 176 cm³/mol. The summed E-state index contributed by atoms with van der Waals surface area (Å²) in [6, 6.07) is 14.7. The van der Waals surface area contributed by atoms with Crippen molar-refractivity contribution in [3.63, 3.8) is 0 Å². The zero-order chi connectivity index (χ0) is 33.1. The fourth-order valence-electron chi connectivity index (χ4n) is 5.68. The van der Waals surface area contributed by atoms with Crippen molar-refractivity contribution in [2.45, 2.75) is 118 Å². The lowest BCUT2D eigenvalue weighted by molar-refractivity contribution is -0.181. The second kappa shape index (κ2) is 14.3. The molecule has 8 nitrogen and oxygen atoms in total. The molecule has 0 saturated heterocycles. The van der Waals surface area contributed by atoms with E-state index in [1.165, 1.54) is 11.1 Å². The Kier molecular flexibility index (Phi) is 10.6. The lowest BCUT2D eigenvalue weighted by Gasteiger charge is -2.34. The van der Waals surface area contributed by atoms with E-state index in [1.807, 2.05) is 45.9 Å². The molecular weight excluding hydrogens is 584 g/mol. The molecule has 0 amide bonds. The van der Waals surface area contributed by atoms with Crippen LogP contribution in [0.2, 0.25) is 0 Å². The summed E-state index contributed by atoms with van der Waals surface area (Å²) in [5.41, 5.74) is 8.42. The molecule has 0 radical (unpaired) electrons. The molecule has 0 atom stereocenters. The van der Waals surface area contributed by atoms with E-state index in [0.29, 0.717) is 57.2 Å². The standard InChI is InChI=1S/C38H50O8/c1-24(2)28-13-30(35-32(15-28)21-43-37(5,6)45-35)19-40-17-26-11-10-12-27(34(26)42-23-39-9)18-41-20-31-14-29(25(3)4)16-33-22-44-38(7,8)46-36(31)33/h10-16,24-25H,17-23H2,1-9H3. The first-order chi connectivity index (χ1) is 21.9. The first-order valence-corrected chi connectivity index (χ1v) is 16.2. The van der Waals surface area contributed by atoms with E-state index in [0.717, 1.165) is 44.9 Å². The van der Waals surface area contributed by atoms with Gasteiger partial charge in [-0.05, 0) is 47.2 Å². The maximum atomic E-state index is 6.33. The fraction of sp³-hybridized carbons (Fsp3) is 0.526. The van der Waals surface area contributed by atoms with Gasteiger partial charge < -0.3 is 37.9 Å². The van der Waals surface area contributed by atoms with Crippen molar-refractivity contribution in [3.05, 3.63) is 87.0 Å². The molecule has 0 fully saturated rings. The van der Waals surface area contributed by atoms with E-state index in [-0.39, 0.29) is 6.79 Å². The number of hydrogen-bond donors (Lipinski definition) is 0. The van der Waals surface area contributed by atoms with Crippen LogP contribution < -0.4 is 14.2 Å². The lowest BCUT2D eigenvalue weighted by Crippen LogP contribution is -2.36. The van der Waals surface area contributed by atoms with Crippen LogP contribution in [0.25, 0.3) is 0 Å². The summed E-state index contributed by atoms with van der Waals surface area (Å²) in [4.78, 5) is 0. The van der Waals surface area contributed by atoms with Crippen LogP contribution in [0.5, 0.6) is 17.2 Å². The van der Waals surface area contributed by atoms with E-state index in [2.05, 4.69) is 52.0 Å². The SMILES string of the molecule is COCOc1c(COCc2cc(C(C)C)cc3c2OC(C)(C)OC3)cccc1COCc1cc(C(C)C)cc2c1OC(C)(C)OC2. The molecule has 3 aromatic carbocycles. The van der Waals surface area contributed by atoms with Gasteiger partial charge in [0.15, 0.2) is 6.79 Å². The number of methoxy groups -OCH3 is 1. The largest absolute Gasteiger partial charge is 0.467 e. The van der Waals surface area contributed by atoms with Crippen LogP contribution in [-0.4, -0.2) is 25.5 Å². The monoisotopic (exact) mass is 634 g/mol. The maximum Gasteiger partial charge on any atom is 0.205 e. The molecule has 0 aliphatic carbocycles. The topological polar surface area (TPSA) is 73.8 Å². The van der Waals surface area contributed by atoms with Crippen LogP contribution in [0.3, 0.4) is 0 Å². The summed E-state index contributed by atoms with van der Waals surface area (Å²) in [7, 11) is 1.61. The van der Waals surface area contributed by atoms with Crippen LogP contribution in [-0.2, 0) is 63.3 Å². The minimum atomic E-state index is -0.692. The number of rotatable bonds is 13. The average molecular weight is 635 g/mol. The van der Waals surface area contributed by atoms with Crippen molar-refractivity contribution in [3.8, 4) is 17.2 Å². The van der Waals surface area contributed by atoms with Gasteiger partial charge in [-0.3, -0.25) is 0 Å². The highest BCUT2D eigenvalue weighted by Crippen LogP contribution is 2.39. The van der Waals surface area contributed by atoms with E-state index in [1.54, 1.807) is 7.11 Å². The van der Waals surface area contributed by atoms with E-state index in [4.69, 9.17) is 37.9 Å². The van der Waals surface area contributed by atoms with Crippen LogP contribution in [0.4, 0.5) is 0 Å². The summed E-state index contributed by atoms with van der Waals surface area (Å²) in [5, 5.41) is 0. The molecule has 2 aliphatic heterocycles. The van der Waals surface area contributed by atoms with E-state index < -0.39 is 11.6 Å². The van der Waals surface area contributed by atoms with Crippen molar-refractivity contribution in [1.82, 2.24) is 0 Å². The molecule has 8 heteroatoms. The van der Waals surface area contributed by atoms with Gasteiger partial charge >= 0.3 is 0 Å². The minimum Gasteiger partial charge on any atom is -0.467 e. The molecule has 2 aliphatic rings. The highest BCUT2D eigenvalue weighted by atomic mass is 16.7. The summed E-state index contributed by atoms with van der Waals surface area (Å²) >= 11 is 0. The zero-order valence-corrected chi connectivity index (χ0v) is 28.9. The summed E-state index contributed by atoms with van der Waals surface area (Å²) in [6.45, 7) is 19.1. The van der Waals surface area contributed by atoms with Crippen molar-refractivity contribution in [2.24, 2.45) is 0 Å². The molecular formula is C38H50O8. The third-order valence-corrected chi connectivity index (χ3v) is 8.24. The quantitative estimate of drug-likeness (QED) is 0.173.